The van der Waals surface area contributed by atoms with Crippen LogP contribution in [0.15, 0.2) is 67.1 Å². The second-order valence-corrected chi connectivity index (χ2v) is 7.06. The molecule has 0 aliphatic heterocycles. The third-order valence-corrected chi connectivity index (χ3v) is 5.23. The molecule has 0 saturated heterocycles. The van der Waals surface area contributed by atoms with Gasteiger partial charge in [0, 0.05) is 46.7 Å². The van der Waals surface area contributed by atoms with Gasteiger partial charge in [-0.2, -0.15) is 5.10 Å². The molecule has 3 heterocycles. The van der Waals surface area contributed by atoms with E-state index in [-0.39, 0.29) is 0 Å². The topological polar surface area (TPSA) is 82.8 Å². The Morgan fingerprint density at radius 2 is 1.66 bits per heavy atom. The Hall–Kier alpha value is -4.33. The van der Waals surface area contributed by atoms with Gasteiger partial charge >= 0.3 is 0 Å². The molecule has 0 saturated carbocycles. The third-order valence-electron chi connectivity index (χ3n) is 5.23. The highest BCUT2D eigenvalue weighted by Gasteiger charge is 2.15. The number of anilines is 2. The zero-order valence-electron chi connectivity index (χ0n) is 17.9. The van der Waals surface area contributed by atoms with Crippen LogP contribution in [0.5, 0.6) is 17.2 Å². The summed E-state index contributed by atoms with van der Waals surface area (Å²) in [6.07, 6.45) is 5.47. The number of benzene rings is 2. The fraction of sp³-hybridized carbons (Fsp3) is 0.125. The van der Waals surface area contributed by atoms with Crippen LogP contribution in [0.4, 0.5) is 11.5 Å². The molecule has 0 spiro atoms. The molecule has 0 aliphatic carbocycles. The smallest absolute Gasteiger partial charge is 0.203 e. The van der Waals surface area contributed by atoms with E-state index >= 15 is 0 Å². The largest absolute Gasteiger partial charge is 0.493 e. The minimum Gasteiger partial charge on any atom is -0.493 e. The van der Waals surface area contributed by atoms with Crippen molar-refractivity contribution in [1.29, 1.82) is 0 Å². The second kappa shape index (κ2) is 8.07. The van der Waals surface area contributed by atoms with Crippen LogP contribution in [0.25, 0.3) is 27.7 Å². The van der Waals surface area contributed by atoms with Crippen LogP contribution in [-0.2, 0) is 0 Å². The van der Waals surface area contributed by atoms with Crippen molar-refractivity contribution >= 4 is 28.1 Å². The highest BCUT2D eigenvalue weighted by molar-refractivity contribution is 5.97. The molecule has 0 radical (unpaired) electrons. The van der Waals surface area contributed by atoms with Gasteiger partial charge in [-0.25, -0.2) is 9.50 Å². The van der Waals surface area contributed by atoms with E-state index in [0.717, 1.165) is 33.4 Å². The number of pyridine rings is 1. The molecule has 32 heavy (non-hydrogen) atoms. The summed E-state index contributed by atoms with van der Waals surface area (Å²) in [5.74, 6) is 2.30. The van der Waals surface area contributed by atoms with Gasteiger partial charge in [0.1, 0.15) is 5.82 Å². The van der Waals surface area contributed by atoms with Crippen LogP contribution >= 0.6 is 0 Å². The normalized spacial score (nSPS) is 11.0. The number of methoxy groups -OCH3 is 3. The van der Waals surface area contributed by atoms with Crippen molar-refractivity contribution in [3.63, 3.8) is 0 Å². The summed E-state index contributed by atoms with van der Waals surface area (Å²) in [7, 11) is 4.75. The maximum absolute atomic E-state index is 5.45. The van der Waals surface area contributed by atoms with E-state index in [9.17, 15) is 0 Å². The SMILES string of the molecule is COc1cc(Nc2ccn3ncc(-c4cccc5cccnc45)c3n2)cc(OC)c1OC. The minimum atomic E-state index is 0.533. The first kappa shape index (κ1) is 19.6. The summed E-state index contributed by atoms with van der Waals surface area (Å²) in [6, 6.07) is 15.6. The molecule has 3 aromatic heterocycles. The maximum Gasteiger partial charge on any atom is 0.203 e. The number of rotatable bonds is 6. The molecule has 0 fully saturated rings. The summed E-state index contributed by atoms with van der Waals surface area (Å²) in [5.41, 5.74) is 4.28. The quantitative estimate of drug-likeness (QED) is 0.420. The highest BCUT2D eigenvalue weighted by Crippen LogP contribution is 2.40. The molecule has 0 atom stereocenters. The minimum absolute atomic E-state index is 0.533. The number of aromatic nitrogens is 4. The molecule has 2 aromatic carbocycles. The Kier molecular flexibility index (Phi) is 4.95. The third kappa shape index (κ3) is 3.31. The van der Waals surface area contributed by atoms with Gasteiger partial charge in [0.05, 0.1) is 33.0 Å². The first-order valence-corrected chi connectivity index (χ1v) is 9.97. The number of hydrogen-bond acceptors (Lipinski definition) is 7. The van der Waals surface area contributed by atoms with E-state index in [1.807, 2.05) is 60.9 Å². The number of hydrogen-bond donors (Lipinski definition) is 1. The van der Waals surface area contributed by atoms with E-state index < -0.39 is 0 Å². The monoisotopic (exact) mass is 427 g/mol. The van der Waals surface area contributed by atoms with Gasteiger partial charge in [-0.05, 0) is 12.1 Å². The molecule has 0 amide bonds. The average Bonchev–Trinajstić information content (AvgIpc) is 3.26. The van der Waals surface area contributed by atoms with Crippen LogP contribution in [-0.4, -0.2) is 40.9 Å². The van der Waals surface area contributed by atoms with E-state index in [1.165, 1.54) is 0 Å². The molecule has 160 valence electrons. The average molecular weight is 427 g/mol. The van der Waals surface area contributed by atoms with Gasteiger partial charge in [-0.15, -0.1) is 0 Å². The maximum atomic E-state index is 5.45. The number of nitrogens with one attached hydrogen (secondary N) is 1. The van der Waals surface area contributed by atoms with E-state index in [2.05, 4.69) is 15.4 Å². The van der Waals surface area contributed by atoms with Crippen molar-refractivity contribution in [2.45, 2.75) is 0 Å². The number of fused-ring (bicyclic) bond motifs is 2. The molecule has 0 aliphatic rings. The molecule has 0 unspecified atom stereocenters. The summed E-state index contributed by atoms with van der Waals surface area (Å²) in [4.78, 5) is 9.38. The Labute approximate surface area is 184 Å². The molecular weight excluding hydrogens is 406 g/mol. The lowest BCUT2D eigenvalue weighted by Crippen LogP contribution is -2.00. The molecule has 1 N–H and O–H groups in total. The van der Waals surface area contributed by atoms with Crippen LogP contribution in [0.3, 0.4) is 0 Å². The number of ether oxygens (including phenoxy) is 3. The first-order chi connectivity index (χ1) is 15.7. The van der Waals surface area contributed by atoms with Crippen LogP contribution < -0.4 is 19.5 Å². The molecule has 8 heteroatoms. The van der Waals surface area contributed by atoms with E-state index in [1.54, 1.807) is 32.0 Å². The van der Waals surface area contributed by atoms with E-state index in [0.29, 0.717) is 23.1 Å². The lowest BCUT2D eigenvalue weighted by molar-refractivity contribution is 0.324. The predicted octanol–water partition coefficient (Wildman–Crippen LogP) is 4.71. The summed E-state index contributed by atoms with van der Waals surface area (Å²) in [6.45, 7) is 0. The van der Waals surface area contributed by atoms with Gasteiger partial charge in [0.25, 0.3) is 0 Å². The molecule has 5 aromatic rings. The fourth-order valence-corrected chi connectivity index (χ4v) is 3.75. The molecule has 0 bridgehead atoms. The predicted molar refractivity (Wildman–Crippen MR) is 123 cm³/mol. The van der Waals surface area contributed by atoms with Gasteiger partial charge in [-0.1, -0.05) is 24.3 Å². The summed E-state index contributed by atoms with van der Waals surface area (Å²) in [5, 5.41) is 8.85. The van der Waals surface area contributed by atoms with Gasteiger partial charge in [-0.3, -0.25) is 4.98 Å². The summed E-state index contributed by atoms with van der Waals surface area (Å²) >= 11 is 0. The van der Waals surface area contributed by atoms with Crippen molar-refractivity contribution in [3.05, 3.63) is 67.1 Å². The second-order valence-electron chi connectivity index (χ2n) is 7.06. The molecule has 8 nitrogen and oxygen atoms in total. The van der Waals surface area contributed by atoms with Crippen molar-refractivity contribution in [3.8, 4) is 28.4 Å². The zero-order chi connectivity index (χ0) is 22.1. The highest BCUT2D eigenvalue weighted by atomic mass is 16.5. The van der Waals surface area contributed by atoms with Crippen molar-refractivity contribution in [2.24, 2.45) is 0 Å². The van der Waals surface area contributed by atoms with Gasteiger partial charge < -0.3 is 19.5 Å². The Bertz CT molecular complexity index is 1400. The lowest BCUT2D eigenvalue weighted by atomic mass is 10.0. The summed E-state index contributed by atoms with van der Waals surface area (Å²) < 4.78 is 18.0. The Morgan fingerprint density at radius 1 is 0.875 bits per heavy atom. The Morgan fingerprint density at radius 3 is 2.41 bits per heavy atom. The van der Waals surface area contributed by atoms with Crippen LogP contribution in [0.2, 0.25) is 0 Å². The van der Waals surface area contributed by atoms with Crippen molar-refractivity contribution < 1.29 is 14.2 Å². The number of nitrogens with zero attached hydrogens (tertiary/aromatic N) is 4. The van der Waals surface area contributed by atoms with Gasteiger partial charge in [0.15, 0.2) is 17.1 Å². The lowest BCUT2D eigenvalue weighted by Gasteiger charge is -2.15. The van der Waals surface area contributed by atoms with Crippen LogP contribution in [0, 0.1) is 0 Å². The van der Waals surface area contributed by atoms with Crippen LogP contribution in [0.1, 0.15) is 0 Å². The molecular formula is C24H21N5O3. The van der Waals surface area contributed by atoms with Crippen molar-refractivity contribution in [1.82, 2.24) is 19.6 Å². The first-order valence-electron chi connectivity index (χ1n) is 9.97. The fourth-order valence-electron chi connectivity index (χ4n) is 3.75. The number of para-hydroxylation sites is 1. The van der Waals surface area contributed by atoms with Gasteiger partial charge in [0.2, 0.25) is 5.75 Å². The Balaban J connectivity index is 1.58. The van der Waals surface area contributed by atoms with Crippen molar-refractivity contribution in [2.75, 3.05) is 26.6 Å². The molecule has 5 rings (SSSR count). The zero-order valence-corrected chi connectivity index (χ0v) is 17.9. The van der Waals surface area contributed by atoms with E-state index in [4.69, 9.17) is 19.2 Å². The standard InChI is InChI=1S/C24H21N5O3/c1-30-19-12-16(13-20(31-2)23(19)32-3)27-21-9-11-29-24(28-21)18(14-26-29)17-8-4-6-15-7-5-10-25-22(15)17/h4-14H,1-3H3,(H,27,28).